The smallest absolute Gasteiger partial charge is 0.257 e. The van der Waals surface area contributed by atoms with Crippen molar-refractivity contribution in [3.63, 3.8) is 0 Å². The summed E-state index contributed by atoms with van der Waals surface area (Å²) in [7, 11) is 3.55. The minimum Gasteiger partial charge on any atom is -0.469 e. The lowest BCUT2D eigenvalue weighted by molar-refractivity contribution is 0.000470. The monoisotopic (exact) mass is 347 g/mol. The molecule has 0 aromatic carbocycles. The van der Waals surface area contributed by atoms with Crippen molar-refractivity contribution >= 4 is 5.91 Å². The van der Waals surface area contributed by atoms with Crippen molar-refractivity contribution in [1.82, 2.24) is 14.7 Å². The van der Waals surface area contributed by atoms with Gasteiger partial charge in [-0.15, -0.1) is 0 Å². The number of aryl methyl sites for hydroxylation is 2. The molecule has 1 aliphatic heterocycles. The first-order chi connectivity index (χ1) is 12.1. The van der Waals surface area contributed by atoms with Gasteiger partial charge >= 0.3 is 0 Å². The summed E-state index contributed by atoms with van der Waals surface area (Å²) in [4.78, 5) is 14.9. The van der Waals surface area contributed by atoms with Gasteiger partial charge in [-0.3, -0.25) is 9.48 Å². The Balaban J connectivity index is 1.77. The molecule has 2 aromatic heterocycles. The number of carbonyl (C=O) groups is 1. The summed E-state index contributed by atoms with van der Waals surface area (Å²) >= 11 is 0. The fourth-order valence-corrected chi connectivity index (χ4v) is 3.38. The van der Waals surface area contributed by atoms with Crippen molar-refractivity contribution in [2.75, 3.05) is 26.9 Å². The van der Waals surface area contributed by atoms with Gasteiger partial charge < -0.3 is 18.8 Å². The number of ether oxygens (including phenoxy) is 2. The number of rotatable bonds is 7. The van der Waals surface area contributed by atoms with E-state index >= 15 is 0 Å². The van der Waals surface area contributed by atoms with Crippen LogP contribution in [0.15, 0.2) is 29.1 Å². The molecule has 3 heterocycles. The van der Waals surface area contributed by atoms with Crippen molar-refractivity contribution in [1.29, 1.82) is 0 Å². The molecule has 1 saturated heterocycles. The Morgan fingerprint density at radius 2 is 2.28 bits per heavy atom. The van der Waals surface area contributed by atoms with Crippen LogP contribution >= 0.6 is 0 Å². The van der Waals surface area contributed by atoms with Crippen LogP contribution in [0, 0.1) is 6.92 Å². The first-order valence-corrected chi connectivity index (χ1v) is 8.53. The fraction of sp³-hybridized carbons (Fsp3) is 0.556. The molecule has 1 amide bonds. The number of methoxy groups -OCH3 is 1. The SMILES string of the molecule is COCCO[C@@H]1CCN(C(=O)c2ccoc2C)[C@@H]1Cc1cnn(C)c1. The number of carbonyl (C=O) groups excluding carboxylic acids is 1. The van der Waals surface area contributed by atoms with E-state index in [0.717, 1.165) is 12.0 Å². The van der Waals surface area contributed by atoms with Crippen LogP contribution in [-0.2, 0) is 22.9 Å². The molecule has 2 aromatic rings. The summed E-state index contributed by atoms with van der Waals surface area (Å²) < 4.78 is 18.1. The van der Waals surface area contributed by atoms with Gasteiger partial charge in [0.2, 0.25) is 0 Å². The van der Waals surface area contributed by atoms with E-state index in [1.807, 2.05) is 31.3 Å². The highest BCUT2D eigenvalue weighted by Gasteiger charge is 2.38. The van der Waals surface area contributed by atoms with Gasteiger partial charge in [0.15, 0.2) is 0 Å². The van der Waals surface area contributed by atoms with Crippen LogP contribution in [0.2, 0.25) is 0 Å². The van der Waals surface area contributed by atoms with Gasteiger partial charge in [0, 0.05) is 26.9 Å². The van der Waals surface area contributed by atoms with Crippen molar-refractivity contribution in [3.8, 4) is 0 Å². The predicted molar refractivity (Wildman–Crippen MR) is 91.4 cm³/mol. The zero-order valence-corrected chi connectivity index (χ0v) is 15.0. The Hall–Kier alpha value is -2.12. The molecular weight excluding hydrogens is 322 g/mol. The molecule has 0 unspecified atom stereocenters. The van der Waals surface area contributed by atoms with E-state index in [4.69, 9.17) is 13.9 Å². The molecule has 0 spiro atoms. The molecule has 0 radical (unpaired) electrons. The van der Waals surface area contributed by atoms with E-state index in [-0.39, 0.29) is 18.1 Å². The summed E-state index contributed by atoms with van der Waals surface area (Å²) in [5, 5.41) is 4.23. The molecule has 136 valence electrons. The second-order valence-electron chi connectivity index (χ2n) is 6.37. The van der Waals surface area contributed by atoms with Crippen LogP contribution in [0.25, 0.3) is 0 Å². The summed E-state index contributed by atoms with van der Waals surface area (Å²) in [6.07, 6.45) is 6.91. The van der Waals surface area contributed by atoms with Gasteiger partial charge in [0.05, 0.1) is 43.4 Å². The normalized spacial score (nSPS) is 20.4. The van der Waals surface area contributed by atoms with Crippen LogP contribution in [0.4, 0.5) is 0 Å². The number of aromatic nitrogens is 2. The third kappa shape index (κ3) is 3.93. The molecule has 3 rings (SSSR count). The first kappa shape index (κ1) is 17.7. The third-order valence-corrected chi connectivity index (χ3v) is 4.66. The Labute approximate surface area is 147 Å². The van der Waals surface area contributed by atoms with E-state index in [1.54, 1.807) is 24.1 Å². The maximum atomic E-state index is 13.0. The largest absolute Gasteiger partial charge is 0.469 e. The summed E-state index contributed by atoms with van der Waals surface area (Å²) in [5.41, 5.74) is 1.71. The highest BCUT2D eigenvalue weighted by atomic mass is 16.5. The number of likely N-dealkylation sites (tertiary alicyclic amines) is 1. The molecule has 1 fully saturated rings. The number of amides is 1. The molecule has 0 N–H and O–H groups in total. The van der Waals surface area contributed by atoms with Gasteiger partial charge in [0.25, 0.3) is 5.91 Å². The quantitative estimate of drug-likeness (QED) is 0.715. The second kappa shape index (κ2) is 7.84. The highest BCUT2D eigenvalue weighted by Crippen LogP contribution is 2.27. The topological polar surface area (TPSA) is 69.7 Å². The van der Waals surface area contributed by atoms with Gasteiger partial charge in [-0.25, -0.2) is 0 Å². The minimum absolute atomic E-state index is 0.00187. The van der Waals surface area contributed by atoms with E-state index in [0.29, 0.717) is 37.5 Å². The van der Waals surface area contributed by atoms with E-state index in [1.165, 1.54) is 0 Å². The van der Waals surface area contributed by atoms with E-state index in [9.17, 15) is 4.79 Å². The number of hydrogen-bond acceptors (Lipinski definition) is 5. The molecule has 0 aliphatic carbocycles. The first-order valence-electron chi connectivity index (χ1n) is 8.53. The lowest BCUT2D eigenvalue weighted by Crippen LogP contribution is -2.42. The van der Waals surface area contributed by atoms with Gasteiger partial charge in [0.1, 0.15) is 5.76 Å². The molecule has 7 heteroatoms. The van der Waals surface area contributed by atoms with Crippen molar-refractivity contribution in [2.45, 2.75) is 31.9 Å². The fourth-order valence-electron chi connectivity index (χ4n) is 3.38. The van der Waals surface area contributed by atoms with E-state index < -0.39 is 0 Å². The minimum atomic E-state index is -0.0251. The molecule has 0 bridgehead atoms. The van der Waals surface area contributed by atoms with E-state index in [2.05, 4.69) is 5.10 Å². The van der Waals surface area contributed by atoms with Crippen LogP contribution in [0.5, 0.6) is 0 Å². The zero-order chi connectivity index (χ0) is 17.8. The number of nitrogens with zero attached hydrogens (tertiary/aromatic N) is 3. The average Bonchev–Trinajstić information content (AvgIpc) is 3.29. The number of furan rings is 1. The zero-order valence-electron chi connectivity index (χ0n) is 15.0. The van der Waals surface area contributed by atoms with Crippen molar-refractivity contribution < 1.29 is 18.7 Å². The summed E-state index contributed by atoms with van der Waals surface area (Å²) in [5.74, 6) is 0.645. The number of hydrogen-bond donors (Lipinski definition) is 0. The van der Waals surface area contributed by atoms with Crippen molar-refractivity contribution in [3.05, 3.63) is 41.6 Å². The van der Waals surface area contributed by atoms with Crippen molar-refractivity contribution in [2.24, 2.45) is 7.05 Å². The highest BCUT2D eigenvalue weighted by molar-refractivity contribution is 5.95. The maximum absolute atomic E-state index is 13.0. The van der Waals surface area contributed by atoms with Gasteiger partial charge in [-0.05, 0) is 31.4 Å². The van der Waals surface area contributed by atoms with Crippen LogP contribution in [-0.4, -0.2) is 59.6 Å². The predicted octanol–water partition coefficient (Wildman–Crippen LogP) is 1.81. The van der Waals surface area contributed by atoms with Crippen LogP contribution < -0.4 is 0 Å². The third-order valence-electron chi connectivity index (χ3n) is 4.66. The molecule has 1 aliphatic rings. The molecular formula is C18H25N3O4. The van der Waals surface area contributed by atoms with Crippen LogP contribution in [0.1, 0.15) is 28.1 Å². The lowest BCUT2D eigenvalue weighted by Gasteiger charge is -2.28. The van der Waals surface area contributed by atoms with Gasteiger partial charge in [-0.1, -0.05) is 0 Å². The Morgan fingerprint density at radius 1 is 1.44 bits per heavy atom. The Morgan fingerprint density at radius 3 is 2.92 bits per heavy atom. The second-order valence-corrected chi connectivity index (χ2v) is 6.37. The Bertz CT molecular complexity index is 709. The average molecular weight is 347 g/mol. The molecule has 25 heavy (non-hydrogen) atoms. The maximum Gasteiger partial charge on any atom is 0.257 e. The van der Waals surface area contributed by atoms with Gasteiger partial charge in [-0.2, -0.15) is 5.10 Å². The van der Waals surface area contributed by atoms with Crippen LogP contribution in [0.3, 0.4) is 0 Å². The molecule has 2 atom stereocenters. The molecule has 7 nitrogen and oxygen atoms in total. The molecule has 0 saturated carbocycles. The lowest BCUT2D eigenvalue weighted by atomic mass is 10.0. The summed E-state index contributed by atoms with van der Waals surface area (Å²) in [6, 6.07) is 1.71. The Kier molecular flexibility index (Phi) is 5.55. The summed E-state index contributed by atoms with van der Waals surface area (Å²) in [6.45, 7) is 3.56. The standard InChI is InChI=1S/C18H25N3O4/c1-13-15(5-7-24-13)18(22)21-6-4-17(25-9-8-23-3)16(21)10-14-11-19-20(2)12-14/h5,7,11-12,16-17H,4,6,8-10H2,1-3H3/t16-,17-/m1/s1.